The van der Waals surface area contributed by atoms with Crippen molar-refractivity contribution in [3.8, 4) is 11.4 Å². The van der Waals surface area contributed by atoms with Gasteiger partial charge in [0, 0.05) is 22.8 Å². The number of anilines is 1. The van der Waals surface area contributed by atoms with Crippen molar-refractivity contribution in [3.05, 3.63) is 58.3 Å². The number of nitrogens with one attached hydrogen (secondary N) is 1. The molecule has 3 rings (SSSR count). The first kappa shape index (κ1) is 18.6. The van der Waals surface area contributed by atoms with Gasteiger partial charge in [-0.25, -0.2) is 4.39 Å². The zero-order chi connectivity index (χ0) is 18.7. The van der Waals surface area contributed by atoms with Gasteiger partial charge in [-0.3, -0.25) is 4.79 Å². The monoisotopic (exact) mass is 434 g/mol. The van der Waals surface area contributed by atoms with Crippen LogP contribution in [0.5, 0.6) is 0 Å². The van der Waals surface area contributed by atoms with Gasteiger partial charge in [-0.15, -0.1) is 10.2 Å². The highest BCUT2D eigenvalue weighted by atomic mass is 79.9. The molecule has 3 aromatic rings. The normalized spacial score (nSPS) is 10.8. The second-order valence-corrected chi connectivity index (χ2v) is 7.53. The predicted octanol–water partition coefficient (Wildman–Crippen LogP) is 4.42. The van der Waals surface area contributed by atoms with Crippen molar-refractivity contribution >= 4 is 39.3 Å². The van der Waals surface area contributed by atoms with E-state index in [1.165, 1.54) is 23.9 Å². The molecule has 1 aromatic heterocycles. The van der Waals surface area contributed by atoms with E-state index in [-0.39, 0.29) is 17.5 Å². The van der Waals surface area contributed by atoms with Crippen LogP contribution < -0.4 is 5.32 Å². The molecule has 26 heavy (non-hydrogen) atoms. The van der Waals surface area contributed by atoms with Crippen LogP contribution in [0.25, 0.3) is 11.4 Å². The highest BCUT2D eigenvalue weighted by Gasteiger charge is 2.13. The maximum absolute atomic E-state index is 13.1. The van der Waals surface area contributed by atoms with E-state index in [4.69, 9.17) is 0 Å². The van der Waals surface area contributed by atoms with Gasteiger partial charge in [0.05, 0.1) is 5.75 Å². The third kappa shape index (κ3) is 4.31. The molecule has 0 atom stereocenters. The molecule has 5 nitrogen and oxygen atoms in total. The van der Waals surface area contributed by atoms with Gasteiger partial charge in [-0.1, -0.05) is 27.7 Å². The summed E-state index contributed by atoms with van der Waals surface area (Å²) >= 11 is 4.70. The number of aromatic nitrogens is 3. The van der Waals surface area contributed by atoms with Crippen molar-refractivity contribution in [1.82, 2.24) is 14.8 Å². The minimum atomic E-state index is -0.301. The molecule has 134 valence electrons. The molecule has 0 bridgehead atoms. The van der Waals surface area contributed by atoms with E-state index in [0.29, 0.717) is 11.0 Å². The summed E-state index contributed by atoms with van der Waals surface area (Å²) in [6.07, 6.45) is 0. The average molecular weight is 435 g/mol. The lowest BCUT2D eigenvalue weighted by Gasteiger charge is -2.08. The van der Waals surface area contributed by atoms with E-state index in [1.807, 2.05) is 32.2 Å². The number of thioether (sulfide) groups is 1. The molecule has 0 unspecified atom stereocenters. The molecular formula is C18H16BrFN4OS. The minimum absolute atomic E-state index is 0.119. The summed E-state index contributed by atoms with van der Waals surface area (Å²) in [6.45, 7) is 1.94. The van der Waals surface area contributed by atoms with Crippen LogP contribution in [-0.4, -0.2) is 26.4 Å². The molecule has 1 amide bonds. The van der Waals surface area contributed by atoms with Crippen molar-refractivity contribution in [2.75, 3.05) is 11.1 Å². The van der Waals surface area contributed by atoms with Gasteiger partial charge >= 0.3 is 0 Å². The fourth-order valence-corrected chi connectivity index (χ4v) is 3.56. The van der Waals surface area contributed by atoms with Crippen LogP contribution in [0, 0.1) is 12.7 Å². The zero-order valence-electron chi connectivity index (χ0n) is 14.2. The van der Waals surface area contributed by atoms with Gasteiger partial charge in [0.25, 0.3) is 0 Å². The molecule has 0 aliphatic heterocycles. The molecule has 0 radical (unpaired) electrons. The van der Waals surface area contributed by atoms with Crippen LogP contribution in [-0.2, 0) is 11.8 Å². The molecule has 1 heterocycles. The zero-order valence-corrected chi connectivity index (χ0v) is 16.6. The smallest absolute Gasteiger partial charge is 0.234 e. The Bertz CT molecular complexity index is 943. The largest absolute Gasteiger partial charge is 0.325 e. The molecule has 0 aliphatic carbocycles. The van der Waals surface area contributed by atoms with Gasteiger partial charge in [0.2, 0.25) is 5.91 Å². The summed E-state index contributed by atoms with van der Waals surface area (Å²) in [5.41, 5.74) is 2.53. The molecule has 0 spiro atoms. The Labute approximate surface area is 163 Å². The number of hydrogen-bond acceptors (Lipinski definition) is 4. The van der Waals surface area contributed by atoms with Crippen LogP contribution in [0.4, 0.5) is 10.1 Å². The lowest BCUT2D eigenvalue weighted by atomic mass is 10.2. The summed E-state index contributed by atoms with van der Waals surface area (Å²) in [7, 11) is 1.82. The maximum atomic E-state index is 13.1. The number of nitrogens with zero attached hydrogens (tertiary/aromatic N) is 3. The van der Waals surface area contributed by atoms with Crippen LogP contribution in [0.2, 0.25) is 0 Å². The number of halogens is 2. The number of carbonyl (C=O) groups excluding carboxylic acids is 1. The van der Waals surface area contributed by atoms with Gasteiger partial charge in [0.15, 0.2) is 11.0 Å². The standard InChI is InChI=1S/C18H16BrFN4OS/c1-11-9-13(19)5-8-15(11)21-16(25)10-26-18-23-22-17(24(18)2)12-3-6-14(20)7-4-12/h3-9H,10H2,1-2H3,(H,21,25). The first-order valence-electron chi connectivity index (χ1n) is 7.78. The molecule has 2 aromatic carbocycles. The Morgan fingerprint density at radius 3 is 2.65 bits per heavy atom. The summed E-state index contributed by atoms with van der Waals surface area (Å²) in [5, 5.41) is 11.8. The second kappa shape index (κ2) is 8.01. The van der Waals surface area contributed by atoms with Crippen molar-refractivity contribution in [3.63, 3.8) is 0 Å². The number of carbonyl (C=O) groups is 1. The molecule has 1 N–H and O–H groups in total. The number of benzene rings is 2. The number of rotatable bonds is 5. The second-order valence-electron chi connectivity index (χ2n) is 5.67. The molecule has 0 fully saturated rings. The lowest BCUT2D eigenvalue weighted by molar-refractivity contribution is -0.113. The fraction of sp³-hybridized carbons (Fsp3) is 0.167. The highest BCUT2D eigenvalue weighted by molar-refractivity contribution is 9.10. The van der Waals surface area contributed by atoms with Crippen molar-refractivity contribution in [2.45, 2.75) is 12.1 Å². The van der Waals surface area contributed by atoms with Gasteiger partial charge < -0.3 is 9.88 Å². The molecule has 0 saturated carbocycles. The van der Waals surface area contributed by atoms with Crippen molar-refractivity contribution < 1.29 is 9.18 Å². The Balaban J connectivity index is 1.64. The summed E-state index contributed by atoms with van der Waals surface area (Å²) in [5.74, 6) is 0.416. The molecule has 8 heteroatoms. The number of amides is 1. The maximum Gasteiger partial charge on any atom is 0.234 e. The van der Waals surface area contributed by atoms with Crippen LogP contribution in [0.1, 0.15) is 5.56 Å². The first-order valence-corrected chi connectivity index (χ1v) is 9.56. The van der Waals surface area contributed by atoms with E-state index >= 15 is 0 Å². The fourth-order valence-electron chi connectivity index (χ4n) is 2.37. The third-order valence-electron chi connectivity index (χ3n) is 3.73. The summed E-state index contributed by atoms with van der Waals surface area (Å²) in [4.78, 5) is 12.2. The average Bonchev–Trinajstić information content (AvgIpc) is 2.97. The van der Waals surface area contributed by atoms with Gasteiger partial charge in [-0.2, -0.15) is 0 Å². The Kier molecular flexibility index (Phi) is 5.73. The van der Waals surface area contributed by atoms with Gasteiger partial charge in [-0.05, 0) is 55.0 Å². The summed E-state index contributed by atoms with van der Waals surface area (Å²) < 4.78 is 15.8. The van der Waals surface area contributed by atoms with Crippen LogP contribution in [0.3, 0.4) is 0 Å². The van der Waals surface area contributed by atoms with Crippen molar-refractivity contribution in [2.24, 2.45) is 7.05 Å². The van der Waals surface area contributed by atoms with E-state index in [1.54, 1.807) is 16.7 Å². The Morgan fingerprint density at radius 2 is 1.96 bits per heavy atom. The van der Waals surface area contributed by atoms with Crippen molar-refractivity contribution in [1.29, 1.82) is 0 Å². The van der Waals surface area contributed by atoms with E-state index in [2.05, 4.69) is 31.4 Å². The molecule has 0 saturated heterocycles. The quantitative estimate of drug-likeness (QED) is 0.603. The molecule has 0 aliphatic rings. The van der Waals surface area contributed by atoms with Crippen LogP contribution >= 0.6 is 27.7 Å². The summed E-state index contributed by atoms with van der Waals surface area (Å²) in [6, 6.07) is 11.7. The lowest BCUT2D eigenvalue weighted by Crippen LogP contribution is -2.15. The highest BCUT2D eigenvalue weighted by Crippen LogP contribution is 2.24. The topological polar surface area (TPSA) is 59.8 Å². The van der Waals surface area contributed by atoms with E-state index in [0.717, 1.165) is 21.3 Å². The predicted molar refractivity (Wildman–Crippen MR) is 105 cm³/mol. The number of hydrogen-bond donors (Lipinski definition) is 1. The minimum Gasteiger partial charge on any atom is -0.325 e. The Hall–Kier alpha value is -2.19. The SMILES string of the molecule is Cc1cc(Br)ccc1NC(=O)CSc1nnc(-c2ccc(F)cc2)n1C. The first-order chi connectivity index (χ1) is 12.4. The van der Waals surface area contributed by atoms with E-state index < -0.39 is 0 Å². The Morgan fingerprint density at radius 1 is 1.23 bits per heavy atom. The van der Waals surface area contributed by atoms with E-state index in [9.17, 15) is 9.18 Å². The van der Waals surface area contributed by atoms with Crippen LogP contribution in [0.15, 0.2) is 52.1 Å². The van der Waals surface area contributed by atoms with Gasteiger partial charge in [0.1, 0.15) is 5.82 Å². The third-order valence-corrected chi connectivity index (χ3v) is 5.25. The number of aryl methyl sites for hydroxylation is 1. The molecular weight excluding hydrogens is 419 g/mol.